The first-order valence-corrected chi connectivity index (χ1v) is 9.86. The van der Waals surface area contributed by atoms with Crippen molar-refractivity contribution in [2.24, 2.45) is 5.92 Å². The monoisotopic (exact) mass is 376 g/mol. The van der Waals surface area contributed by atoms with Crippen LogP contribution in [0.5, 0.6) is 0 Å². The van der Waals surface area contributed by atoms with Crippen LogP contribution in [0.4, 0.5) is 11.4 Å². The molecule has 0 atom stereocenters. The molecule has 0 spiro atoms. The molecule has 2 amide bonds. The molecule has 1 N–H and O–H groups in total. The smallest absolute Gasteiger partial charge is 0.230 e. The highest BCUT2D eigenvalue weighted by Crippen LogP contribution is 2.37. The lowest BCUT2D eigenvalue weighted by Crippen LogP contribution is -2.30. The van der Waals surface area contributed by atoms with Gasteiger partial charge in [-0.2, -0.15) is 0 Å². The molecule has 144 valence electrons. The minimum absolute atomic E-state index is 0.0172. The van der Waals surface area contributed by atoms with E-state index < -0.39 is 0 Å². The summed E-state index contributed by atoms with van der Waals surface area (Å²) in [5.74, 6) is 0.239. The summed E-state index contributed by atoms with van der Waals surface area (Å²) in [6.07, 6.45) is 3.14. The molecule has 1 heterocycles. The molecule has 0 aromatic heterocycles. The molecule has 2 aromatic rings. The summed E-state index contributed by atoms with van der Waals surface area (Å²) in [5.41, 5.74) is 4.37. The number of rotatable bonds is 6. The van der Waals surface area contributed by atoms with Gasteiger partial charge in [0.15, 0.2) is 5.78 Å². The highest BCUT2D eigenvalue weighted by atomic mass is 16.2. The van der Waals surface area contributed by atoms with E-state index >= 15 is 0 Å². The molecule has 4 rings (SSSR count). The van der Waals surface area contributed by atoms with Crippen molar-refractivity contribution in [3.63, 3.8) is 0 Å². The van der Waals surface area contributed by atoms with Crippen LogP contribution >= 0.6 is 0 Å². The van der Waals surface area contributed by atoms with Crippen LogP contribution in [0, 0.1) is 12.8 Å². The van der Waals surface area contributed by atoms with Gasteiger partial charge in [0.25, 0.3) is 0 Å². The maximum atomic E-state index is 12.3. The van der Waals surface area contributed by atoms with E-state index in [0.29, 0.717) is 17.8 Å². The van der Waals surface area contributed by atoms with Crippen LogP contribution in [0.25, 0.3) is 0 Å². The fourth-order valence-electron chi connectivity index (χ4n) is 3.73. The number of nitrogens with zero attached hydrogens (tertiary/aromatic N) is 1. The second kappa shape index (κ2) is 7.58. The molecule has 5 heteroatoms. The summed E-state index contributed by atoms with van der Waals surface area (Å²) in [7, 11) is 0. The van der Waals surface area contributed by atoms with Gasteiger partial charge in [0.1, 0.15) is 0 Å². The zero-order valence-corrected chi connectivity index (χ0v) is 16.0. The summed E-state index contributed by atoms with van der Waals surface area (Å²) in [5, 5.41) is 2.88. The molecular formula is C23H24N2O3. The van der Waals surface area contributed by atoms with Crippen LogP contribution in [0.1, 0.15) is 47.2 Å². The largest absolute Gasteiger partial charge is 0.326 e. The third-order valence-electron chi connectivity index (χ3n) is 5.48. The van der Waals surface area contributed by atoms with Crippen LogP contribution in [-0.4, -0.2) is 24.1 Å². The Bertz CT molecular complexity index is 947. The highest BCUT2D eigenvalue weighted by Gasteiger charge is 2.36. The van der Waals surface area contributed by atoms with Crippen molar-refractivity contribution < 1.29 is 14.4 Å². The van der Waals surface area contributed by atoms with Gasteiger partial charge in [-0.1, -0.05) is 24.3 Å². The van der Waals surface area contributed by atoms with E-state index in [-0.39, 0.29) is 36.4 Å². The van der Waals surface area contributed by atoms with Gasteiger partial charge in [-0.05, 0) is 55.5 Å². The number of hydrogen-bond donors (Lipinski definition) is 1. The van der Waals surface area contributed by atoms with Crippen LogP contribution in [0.15, 0.2) is 42.5 Å². The fraction of sp³-hybridized carbons (Fsp3) is 0.348. The van der Waals surface area contributed by atoms with Gasteiger partial charge in [0.05, 0.1) is 0 Å². The van der Waals surface area contributed by atoms with E-state index in [9.17, 15) is 14.4 Å². The molecule has 1 aliphatic carbocycles. The number of Topliss-reactive ketones (excluding diaryl/α,β-unsaturated/α-hetero) is 1. The lowest BCUT2D eigenvalue weighted by Gasteiger charge is -2.17. The van der Waals surface area contributed by atoms with Crippen LogP contribution in [-0.2, 0) is 16.0 Å². The molecule has 28 heavy (non-hydrogen) atoms. The summed E-state index contributed by atoms with van der Waals surface area (Å²) in [6, 6.07) is 13.1. The number of hydrogen-bond acceptors (Lipinski definition) is 3. The van der Waals surface area contributed by atoms with E-state index in [2.05, 4.69) is 5.32 Å². The number of amides is 2. The van der Waals surface area contributed by atoms with Crippen molar-refractivity contribution in [2.45, 2.75) is 39.0 Å². The molecule has 0 unspecified atom stereocenters. The highest BCUT2D eigenvalue weighted by molar-refractivity contribution is 6.01. The number of carbonyl (C=O) groups excluding carboxylic acids is 3. The second-order valence-electron chi connectivity index (χ2n) is 7.64. The van der Waals surface area contributed by atoms with Gasteiger partial charge >= 0.3 is 0 Å². The lowest BCUT2D eigenvalue weighted by atomic mass is 10.0. The molecule has 2 aromatic carbocycles. The van der Waals surface area contributed by atoms with E-state index in [1.54, 1.807) is 6.07 Å². The molecule has 5 nitrogen and oxygen atoms in total. The molecule has 1 fully saturated rings. The number of ketones is 1. The number of anilines is 2. The summed E-state index contributed by atoms with van der Waals surface area (Å²) in [4.78, 5) is 38.8. The van der Waals surface area contributed by atoms with Gasteiger partial charge in [-0.15, -0.1) is 0 Å². The van der Waals surface area contributed by atoms with Gasteiger partial charge in [-0.3, -0.25) is 14.4 Å². The molecule has 0 radical (unpaired) electrons. The summed E-state index contributed by atoms with van der Waals surface area (Å²) in [6.45, 7) is 2.61. The van der Waals surface area contributed by atoms with Crippen molar-refractivity contribution in [1.82, 2.24) is 0 Å². The van der Waals surface area contributed by atoms with Crippen molar-refractivity contribution >= 4 is 29.0 Å². The molecule has 1 saturated carbocycles. The maximum absolute atomic E-state index is 12.3. The Morgan fingerprint density at radius 3 is 2.61 bits per heavy atom. The van der Waals surface area contributed by atoms with Crippen LogP contribution in [0.2, 0.25) is 0 Å². The molecule has 0 saturated heterocycles. The first-order valence-electron chi connectivity index (χ1n) is 9.86. The van der Waals surface area contributed by atoms with Gasteiger partial charge < -0.3 is 10.2 Å². The van der Waals surface area contributed by atoms with Gasteiger partial charge in [-0.25, -0.2) is 0 Å². The average molecular weight is 376 g/mol. The van der Waals surface area contributed by atoms with Crippen LogP contribution in [0.3, 0.4) is 0 Å². The molecule has 1 aliphatic heterocycles. The normalized spacial score (nSPS) is 15.2. The predicted molar refractivity (Wildman–Crippen MR) is 109 cm³/mol. The van der Waals surface area contributed by atoms with Crippen molar-refractivity contribution in [1.29, 1.82) is 0 Å². The van der Waals surface area contributed by atoms with Crippen LogP contribution < -0.4 is 10.2 Å². The first kappa shape index (κ1) is 18.4. The Kier molecular flexibility index (Phi) is 4.99. The first-order chi connectivity index (χ1) is 13.5. The predicted octanol–water partition coefficient (Wildman–Crippen LogP) is 3.90. The third-order valence-corrected chi connectivity index (χ3v) is 5.48. The van der Waals surface area contributed by atoms with Gasteiger partial charge in [0.2, 0.25) is 11.8 Å². The van der Waals surface area contributed by atoms with Crippen molar-refractivity contribution in [3.05, 3.63) is 59.2 Å². The molecular weight excluding hydrogens is 352 g/mol. The summed E-state index contributed by atoms with van der Waals surface area (Å²) >= 11 is 0. The Hall–Kier alpha value is -2.95. The zero-order chi connectivity index (χ0) is 19.7. The van der Waals surface area contributed by atoms with E-state index in [1.165, 1.54) is 0 Å². The molecule has 0 bridgehead atoms. The van der Waals surface area contributed by atoms with E-state index in [4.69, 9.17) is 0 Å². The Labute approximate surface area is 164 Å². The number of fused-ring (bicyclic) bond motifs is 1. The fourth-order valence-corrected chi connectivity index (χ4v) is 3.73. The zero-order valence-electron chi connectivity index (χ0n) is 16.0. The Morgan fingerprint density at radius 2 is 1.86 bits per heavy atom. The van der Waals surface area contributed by atoms with E-state index in [1.807, 2.05) is 48.2 Å². The second-order valence-corrected chi connectivity index (χ2v) is 7.64. The third kappa shape index (κ3) is 3.84. The molecule has 2 aliphatic rings. The number of nitrogens with one attached hydrogen (secondary N) is 1. The Balaban J connectivity index is 1.34. The number of aryl methyl sites for hydroxylation is 1. The Morgan fingerprint density at radius 1 is 1.07 bits per heavy atom. The SMILES string of the molecule is Cc1ccccc1C(=O)CCC(=O)Nc1ccc2c(c1)CCN2C(=O)C1CC1. The number of carbonyl (C=O) groups is 3. The minimum atomic E-state index is -0.175. The minimum Gasteiger partial charge on any atom is -0.326 e. The topological polar surface area (TPSA) is 66.5 Å². The quantitative estimate of drug-likeness (QED) is 0.778. The average Bonchev–Trinajstić information content (AvgIpc) is 3.45. The van der Waals surface area contributed by atoms with Crippen molar-refractivity contribution in [3.8, 4) is 0 Å². The number of benzene rings is 2. The summed E-state index contributed by atoms with van der Waals surface area (Å²) < 4.78 is 0. The standard InChI is InChI=1S/C23H24N2O3/c1-15-4-2-3-5-19(15)21(26)10-11-22(27)24-18-8-9-20-17(14-18)12-13-25(20)23(28)16-6-7-16/h2-5,8-9,14,16H,6-7,10-13H2,1H3,(H,24,27). The van der Waals surface area contributed by atoms with Gasteiger partial charge in [0, 0.05) is 42.2 Å². The van der Waals surface area contributed by atoms with E-state index in [0.717, 1.165) is 36.1 Å². The lowest BCUT2D eigenvalue weighted by molar-refractivity contribution is -0.119. The van der Waals surface area contributed by atoms with Crippen molar-refractivity contribution in [2.75, 3.05) is 16.8 Å². The maximum Gasteiger partial charge on any atom is 0.230 e.